The first-order valence-electron chi connectivity index (χ1n) is 11.0. The summed E-state index contributed by atoms with van der Waals surface area (Å²) in [6, 6.07) is 5.57. The number of pyridine rings is 2. The monoisotopic (exact) mass is 424 g/mol. The number of nitrogens with zero attached hydrogens (tertiary/aromatic N) is 4. The van der Waals surface area contributed by atoms with Crippen molar-refractivity contribution in [3.8, 4) is 5.88 Å². The molecule has 8 heteroatoms. The minimum absolute atomic E-state index is 0.00514. The van der Waals surface area contributed by atoms with Crippen LogP contribution in [-0.2, 0) is 4.74 Å². The van der Waals surface area contributed by atoms with E-state index in [1.165, 1.54) is 6.42 Å². The lowest BCUT2D eigenvalue weighted by molar-refractivity contribution is 0.164. The van der Waals surface area contributed by atoms with Crippen LogP contribution < -0.4 is 15.4 Å². The minimum atomic E-state index is 0.00514. The quantitative estimate of drug-likeness (QED) is 0.658. The van der Waals surface area contributed by atoms with E-state index >= 15 is 0 Å². The topological polar surface area (TPSA) is 101 Å². The number of nitrogens with one attached hydrogen (secondary N) is 1. The van der Waals surface area contributed by atoms with Gasteiger partial charge in [-0.3, -0.25) is 10.3 Å². The number of rotatable bonds is 7. The van der Waals surface area contributed by atoms with Gasteiger partial charge in [0.15, 0.2) is 0 Å². The molecular formula is C23H32N6O2. The fourth-order valence-corrected chi connectivity index (χ4v) is 4.12. The van der Waals surface area contributed by atoms with Crippen LogP contribution in [0.3, 0.4) is 0 Å². The second kappa shape index (κ2) is 9.62. The zero-order chi connectivity index (χ0) is 21.8. The first kappa shape index (κ1) is 21.5. The maximum absolute atomic E-state index is 8.73. The van der Waals surface area contributed by atoms with E-state index in [2.05, 4.69) is 19.8 Å². The molecule has 4 rings (SSSR count). The van der Waals surface area contributed by atoms with Crippen LogP contribution in [0.5, 0.6) is 5.88 Å². The Labute approximate surface area is 183 Å². The molecule has 0 amide bonds. The molecule has 8 nitrogen and oxygen atoms in total. The number of ether oxygens (including phenoxy) is 2. The molecule has 2 aliphatic heterocycles. The van der Waals surface area contributed by atoms with Crippen molar-refractivity contribution in [2.75, 3.05) is 56.6 Å². The van der Waals surface area contributed by atoms with Gasteiger partial charge in [0.2, 0.25) is 5.88 Å². The van der Waals surface area contributed by atoms with Crippen LogP contribution >= 0.6 is 0 Å². The average molecular weight is 425 g/mol. The second-order valence-corrected chi connectivity index (χ2v) is 8.57. The third-order valence-corrected chi connectivity index (χ3v) is 5.81. The van der Waals surface area contributed by atoms with Crippen molar-refractivity contribution in [2.45, 2.75) is 26.4 Å². The molecule has 0 spiro atoms. The molecule has 2 aromatic heterocycles. The molecule has 0 bridgehead atoms. The van der Waals surface area contributed by atoms with E-state index in [0.29, 0.717) is 28.8 Å². The molecule has 0 radical (unpaired) electrons. The second-order valence-electron chi connectivity index (χ2n) is 8.57. The summed E-state index contributed by atoms with van der Waals surface area (Å²) in [5.74, 6) is 2.04. The van der Waals surface area contributed by atoms with Gasteiger partial charge in [0.05, 0.1) is 30.3 Å². The number of aromatic nitrogens is 2. The van der Waals surface area contributed by atoms with Crippen molar-refractivity contribution >= 4 is 17.2 Å². The number of nitrogens with two attached hydrogens (primary N) is 1. The Kier molecular flexibility index (Phi) is 6.67. The summed E-state index contributed by atoms with van der Waals surface area (Å²) in [6.45, 7) is 10.7. The number of anilines is 2. The number of piperazine rings is 1. The first-order chi connectivity index (χ1) is 15.0. The fraction of sp³-hybridized carbons (Fsp3) is 0.522. The SMILES string of the molecule is CC(C)Oc1cc(C(=N)c2ccnc(N3CCN(CC4CCOC4)CC3)c2)c(N)cn1. The summed E-state index contributed by atoms with van der Waals surface area (Å²) in [6.07, 6.45) is 4.50. The van der Waals surface area contributed by atoms with E-state index < -0.39 is 0 Å². The van der Waals surface area contributed by atoms with Gasteiger partial charge in [-0.1, -0.05) is 0 Å². The summed E-state index contributed by atoms with van der Waals surface area (Å²) in [5.41, 5.74) is 8.33. The molecule has 3 N–H and O–H groups in total. The van der Waals surface area contributed by atoms with E-state index in [4.69, 9.17) is 20.6 Å². The molecule has 4 heterocycles. The van der Waals surface area contributed by atoms with Gasteiger partial charge in [0.1, 0.15) is 5.82 Å². The molecule has 0 aromatic carbocycles. The molecule has 0 saturated carbocycles. The van der Waals surface area contributed by atoms with Crippen molar-refractivity contribution in [1.29, 1.82) is 5.41 Å². The Hall–Kier alpha value is -2.71. The highest BCUT2D eigenvalue weighted by molar-refractivity contribution is 6.14. The molecular weight excluding hydrogens is 392 g/mol. The lowest BCUT2D eigenvalue weighted by Crippen LogP contribution is -2.48. The minimum Gasteiger partial charge on any atom is -0.475 e. The number of hydrogen-bond acceptors (Lipinski definition) is 8. The van der Waals surface area contributed by atoms with Crippen LogP contribution in [0.2, 0.25) is 0 Å². The highest BCUT2D eigenvalue weighted by Gasteiger charge is 2.23. The predicted octanol–water partition coefficient (Wildman–Crippen LogP) is 2.42. The molecule has 2 fully saturated rings. The average Bonchev–Trinajstić information content (AvgIpc) is 3.28. The zero-order valence-corrected chi connectivity index (χ0v) is 18.4. The molecule has 2 saturated heterocycles. The van der Waals surface area contributed by atoms with Gasteiger partial charge >= 0.3 is 0 Å². The van der Waals surface area contributed by atoms with Crippen LogP contribution in [0, 0.1) is 11.3 Å². The van der Waals surface area contributed by atoms with Crippen molar-refractivity contribution in [1.82, 2.24) is 14.9 Å². The van der Waals surface area contributed by atoms with E-state index in [9.17, 15) is 0 Å². The van der Waals surface area contributed by atoms with Crippen LogP contribution in [0.4, 0.5) is 11.5 Å². The first-order valence-corrected chi connectivity index (χ1v) is 11.0. The van der Waals surface area contributed by atoms with Crippen LogP contribution in [0.25, 0.3) is 0 Å². The van der Waals surface area contributed by atoms with E-state index in [1.807, 2.05) is 26.0 Å². The van der Waals surface area contributed by atoms with E-state index in [0.717, 1.165) is 57.3 Å². The zero-order valence-electron chi connectivity index (χ0n) is 18.4. The lowest BCUT2D eigenvalue weighted by Gasteiger charge is -2.36. The molecule has 0 aliphatic carbocycles. The third-order valence-electron chi connectivity index (χ3n) is 5.81. The smallest absolute Gasteiger partial charge is 0.214 e. The Morgan fingerprint density at radius 1 is 1.26 bits per heavy atom. The maximum atomic E-state index is 8.73. The third kappa shape index (κ3) is 5.32. The summed E-state index contributed by atoms with van der Waals surface area (Å²) < 4.78 is 11.2. The number of nitrogen functional groups attached to an aromatic ring is 1. The Balaban J connectivity index is 1.43. The van der Waals surface area contributed by atoms with Gasteiger partial charge in [-0.25, -0.2) is 9.97 Å². The molecule has 1 unspecified atom stereocenters. The van der Waals surface area contributed by atoms with Gasteiger partial charge in [-0.05, 0) is 38.3 Å². The molecule has 166 valence electrons. The van der Waals surface area contributed by atoms with Crippen molar-refractivity contribution in [3.63, 3.8) is 0 Å². The lowest BCUT2D eigenvalue weighted by atomic mass is 10.0. The van der Waals surface area contributed by atoms with Crippen molar-refractivity contribution < 1.29 is 9.47 Å². The van der Waals surface area contributed by atoms with Gasteiger partial charge in [-0.2, -0.15) is 0 Å². The van der Waals surface area contributed by atoms with E-state index in [1.54, 1.807) is 18.5 Å². The van der Waals surface area contributed by atoms with Crippen molar-refractivity contribution in [2.24, 2.45) is 5.92 Å². The van der Waals surface area contributed by atoms with Gasteiger partial charge < -0.3 is 20.1 Å². The molecule has 2 aromatic rings. The van der Waals surface area contributed by atoms with Crippen LogP contribution in [0.15, 0.2) is 30.6 Å². The van der Waals surface area contributed by atoms with Gasteiger partial charge in [0.25, 0.3) is 0 Å². The Morgan fingerprint density at radius 2 is 2.06 bits per heavy atom. The largest absolute Gasteiger partial charge is 0.475 e. The van der Waals surface area contributed by atoms with Gasteiger partial charge in [-0.15, -0.1) is 0 Å². The summed E-state index contributed by atoms with van der Waals surface area (Å²) in [5, 5.41) is 8.73. The molecule has 31 heavy (non-hydrogen) atoms. The molecule has 1 atom stereocenters. The highest BCUT2D eigenvalue weighted by atomic mass is 16.5. The summed E-state index contributed by atoms with van der Waals surface area (Å²) in [4.78, 5) is 13.6. The fourth-order valence-electron chi connectivity index (χ4n) is 4.12. The van der Waals surface area contributed by atoms with E-state index in [-0.39, 0.29) is 6.10 Å². The van der Waals surface area contributed by atoms with Gasteiger partial charge in [0, 0.05) is 62.7 Å². The summed E-state index contributed by atoms with van der Waals surface area (Å²) in [7, 11) is 0. The Morgan fingerprint density at radius 3 is 2.77 bits per heavy atom. The van der Waals surface area contributed by atoms with Crippen LogP contribution in [-0.4, -0.2) is 72.6 Å². The Bertz CT molecular complexity index is 905. The highest BCUT2D eigenvalue weighted by Crippen LogP contribution is 2.23. The predicted molar refractivity (Wildman–Crippen MR) is 122 cm³/mol. The van der Waals surface area contributed by atoms with Crippen molar-refractivity contribution in [3.05, 3.63) is 41.7 Å². The standard InChI is InChI=1S/C23H32N6O2/c1-16(2)31-22-12-19(20(24)13-27-22)23(25)18-3-5-26-21(11-18)29-8-6-28(7-9-29)14-17-4-10-30-15-17/h3,5,11-13,16-17,25H,4,6-10,14-15,24H2,1-2H3. The molecule has 2 aliphatic rings. The normalized spacial score (nSPS) is 19.7. The maximum Gasteiger partial charge on any atom is 0.214 e. The summed E-state index contributed by atoms with van der Waals surface area (Å²) >= 11 is 0. The van der Waals surface area contributed by atoms with Crippen LogP contribution in [0.1, 0.15) is 31.4 Å². The number of hydrogen-bond donors (Lipinski definition) is 2.